The second-order valence-corrected chi connectivity index (χ2v) is 11.1. The van der Waals surface area contributed by atoms with Gasteiger partial charge in [0, 0.05) is 22.5 Å². The fourth-order valence-corrected chi connectivity index (χ4v) is 6.86. The third-order valence-corrected chi connectivity index (χ3v) is 8.75. The summed E-state index contributed by atoms with van der Waals surface area (Å²) in [5, 5.41) is 2.12. The summed E-state index contributed by atoms with van der Waals surface area (Å²) in [4.78, 5) is 4.47. The van der Waals surface area contributed by atoms with E-state index in [1.54, 1.807) is 6.20 Å². The predicted molar refractivity (Wildman–Crippen MR) is 178 cm³/mol. The van der Waals surface area contributed by atoms with Gasteiger partial charge in [-0.15, -0.1) is 0 Å². The van der Waals surface area contributed by atoms with Gasteiger partial charge in [0.2, 0.25) is 5.71 Å². The normalized spacial score (nSPS) is 11.7. The number of hydrogen-bond acceptors (Lipinski definition) is 2. The quantitative estimate of drug-likeness (QED) is 0.215. The van der Waals surface area contributed by atoms with Crippen molar-refractivity contribution >= 4 is 22.1 Å². The summed E-state index contributed by atoms with van der Waals surface area (Å²) < 4.78 is 6.31. The Morgan fingerprint density at radius 3 is 1.58 bits per heavy atom. The molecule has 0 spiro atoms. The number of rotatable bonds is 2. The average molecular weight is 548 g/mol. The van der Waals surface area contributed by atoms with Gasteiger partial charge >= 0.3 is 0 Å². The summed E-state index contributed by atoms with van der Waals surface area (Å²) in [6.45, 7) is 0. The number of para-hydroxylation sites is 1. The number of pyridine rings is 1. The van der Waals surface area contributed by atoms with Crippen molar-refractivity contribution in [1.29, 1.82) is 0 Å². The van der Waals surface area contributed by atoms with Crippen LogP contribution in [0.25, 0.3) is 88.8 Å². The van der Waals surface area contributed by atoms with E-state index in [0.717, 1.165) is 27.5 Å². The van der Waals surface area contributed by atoms with Crippen LogP contribution >= 0.6 is 0 Å². The van der Waals surface area contributed by atoms with Crippen LogP contribution in [0.2, 0.25) is 0 Å². The van der Waals surface area contributed by atoms with Crippen molar-refractivity contribution in [3.63, 3.8) is 0 Å². The Morgan fingerprint density at radius 1 is 0.372 bits per heavy atom. The van der Waals surface area contributed by atoms with Gasteiger partial charge in [0.25, 0.3) is 0 Å². The summed E-state index contributed by atoms with van der Waals surface area (Å²) in [5.41, 5.74) is 16.1. The van der Waals surface area contributed by atoms with Gasteiger partial charge in [-0.1, -0.05) is 127 Å². The summed E-state index contributed by atoms with van der Waals surface area (Å²) in [6, 6.07) is 52.4. The number of hydrogen-bond donors (Lipinski definition) is 0. The molecule has 6 aromatic carbocycles. The van der Waals surface area contributed by atoms with Crippen LogP contribution in [0.1, 0.15) is 0 Å². The standard InChI is InChI=1S/C41H25NO/c1-2-14-31-30(13-1)32-15-3-4-16-34(32)36-21-8-19-28(39(36)35-18-6-5-17-33(31)35)26-11-7-12-27(25-26)29-20-9-22-37-38-23-10-24-42-41(38)43-40(29)37/h1-25H. The lowest BCUT2D eigenvalue weighted by Gasteiger charge is -2.25. The van der Waals surface area contributed by atoms with Crippen LogP contribution in [0.5, 0.6) is 0 Å². The zero-order valence-corrected chi connectivity index (χ0v) is 23.3. The molecule has 1 aliphatic carbocycles. The molecule has 0 radical (unpaired) electrons. The molecule has 0 unspecified atom stereocenters. The second-order valence-electron chi connectivity index (χ2n) is 11.1. The first kappa shape index (κ1) is 23.9. The molecule has 9 rings (SSSR count). The Labute approximate surface area is 249 Å². The Bertz CT molecular complexity index is 2350. The molecular formula is C41H25NO. The van der Waals surface area contributed by atoms with E-state index in [4.69, 9.17) is 4.42 Å². The minimum atomic E-state index is 0.668. The van der Waals surface area contributed by atoms with E-state index in [2.05, 4.69) is 145 Å². The Balaban J connectivity index is 1.31. The lowest BCUT2D eigenvalue weighted by Crippen LogP contribution is -1.98. The lowest BCUT2D eigenvalue weighted by atomic mass is 9.78. The topological polar surface area (TPSA) is 26.0 Å². The molecule has 2 aromatic heterocycles. The van der Waals surface area contributed by atoms with E-state index in [1.807, 2.05) is 6.07 Å². The molecule has 2 nitrogen and oxygen atoms in total. The van der Waals surface area contributed by atoms with Crippen molar-refractivity contribution in [3.05, 3.63) is 152 Å². The van der Waals surface area contributed by atoms with E-state index in [-0.39, 0.29) is 0 Å². The molecule has 0 saturated heterocycles. The van der Waals surface area contributed by atoms with Crippen LogP contribution in [0.4, 0.5) is 0 Å². The molecule has 2 heteroatoms. The summed E-state index contributed by atoms with van der Waals surface area (Å²) in [6.07, 6.45) is 1.78. The first-order chi connectivity index (χ1) is 21.3. The third kappa shape index (κ3) is 3.63. The average Bonchev–Trinajstić information content (AvgIpc) is 3.46. The molecular weight excluding hydrogens is 522 g/mol. The predicted octanol–water partition coefficient (Wildman–Crippen LogP) is 11.3. The number of nitrogens with zero attached hydrogens (tertiary/aromatic N) is 1. The fourth-order valence-electron chi connectivity index (χ4n) is 6.86. The van der Waals surface area contributed by atoms with Crippen LogP contribution in [0.3, 0.4) is 0 Å². The molecule has 0 amide bonds. The van der Waals surface area contributed by atoms with E-state index in [1.165, 1.54) is 55.6 Å². The minimum absolute atomic E-state index is 0.668. The largest absolute Gasteiger partial charge is 0.437 e. The van der Waals surface area contributed by atoms with Crippen LogP contribution < -0.4 is 0 Å². The maximum atomic E-state index is 6.31. The molecule has 0 aliphatic heterocycles. The first-order valence-electron chi connectivity index (χ1n) is 14.6. The van der Waals surface area contributed by atoms with Gasteiger partial charge in [0.15, 0.2) is 0 Å². The Hall–Kier alpha value is -5.73. The van der Waals surface area contributed by atoms with Crippen LogP contribution in [-0.2, 0) is 0 Å². The molecule has 8 aromatic rings. The molecule has 1 aliphatic rings. The van der Waals surface area contributed by atoms with E-state index in [0.29, 0.717) is 5.71 Å². The van der Waals surface area contributed by atoms with Crippen LogP contribution in [0, 0.1) is 0 Å². The van der Waals surface area contributed by atoms with Crippen molar-refractivity contribution in [2.24, 2.45) is 0 Å². The lowest BCUT2D eigenvalue weighted by molar-refractivity contribution is 0.655. The zero-order valence-electron chi connectivity index (χ0n) is 23.3. The number of aromatic nitrogens is 1. The molecule has 200 valence electrons. The van der Waals surface area contributed by atoms with Gasteiger partial charge in [-0.25, -0.2) is 4.98 Å². The highest BCUT2D eigenvalue weighted by Gasteiger charge is 2.24. The molecule has 0 fully saturated rings. The van der Waals surface area contributed by atoms with Gasteiger partial charge in [-0.3, -0.25) is 0 Å². The second kappa shape index (κ2) is 9.40. The van der Waals surface area contributed by atoms with Crippen molar-refractivity contribution < 1.29 is 4.42 Å². The van der Waals surface area contributed by atoms with Crippen LogP contribution in [0.15, 0.2) is 156 Å². The maximum absolute atomic E-state index is 6.31. The molecule has 0 saturated carbocycles. The highest BCUT2D eigenvalue weighted by Crippen LogP contribution is 2.50. The Morgan fingerprint density at radius 2 is 0.860 bits per heavy atom. The van der Waals surface area contributed by atoms with Gasteiger partial charge in [-0.2, -0.15) is 0 Å². The summed E-state index contributed by atoms with van der Waals surface area (Å²) >= 11 is 0. The van der Waals surface area contributed by atoms with E-state index < -0.39 is 0 Å². The molecule has 2 heterocycles. The summed E-state index contributed by atoms with van der Waals surface area (Å²) in [7, 11) is 0. The van der Waals surface area contributed by atoms with Gasteiger partial charge in [0.05, 0.1) is 0 Å². The maximum Gasteiger partial charge on any atom is 0.227 e. The smallest absolute Gasteiger partial charge is 0.227 e. The van der Waals surface area contributed by atoms with Gasteiger partial charge in [0.1, 0.15) is 5.58 Å². The van der Waals surface area contributed by atoms with E-state index >= 15 is 0 Å². The Kier molecular flexibility index (Phi) is 5.23. The monoisotopic (exact) mass is 547 g/mol. The van der Waals surface area contributed by atoms with Crippen LogP contribution in [-0.4, -0.2) is 4.98 Å². The SMILES string of the molecule is c1cc(-c2cccc3c2-c2ccccc2-c2ccccc2-c2ccccc2-3)cc(-c2cccc3c2oc2ncccc23)c1. The molecule has 0 N–H and O–H groups in total. The van der Waals surface area contributed by atoms with Crippen molar-refractivity contribution in [3.8, 4) is 66.8 Å². The fraction of sp³-hybridized carbons (Fsp3) is 0. The van der Waals surface area contributed by atoms with Gasteiger partial charge in [-0.05, 0) is 79.4 Å². The van der Waals surface area contributed by atoms with Crippen molar-refractivity contribution in [2.75, 3.05) is 0 Å². The first-order valence-corrected chi connectivity index (χ1v) is 14.6. The van der Waals surface area contributed by atoms with E-state index in [9.17, 15) is 0 Å². The minimum Gasteiger partial charge on any atom is -0.437 e. The highest BCUT2D eigenvalue weighted by atomic mass is 16.3. The number of furan rings is 1. The van der Waals surface area contributed by atoms with Crippen molar-refractivity contribution in [2.45, 2.75) is 0 Å². The zero-order chi connectivity index (χ0) is 28.3. The highest BCUT2D eigenvalue weighted by molar-refractivity contribution is 6.10. The molecule has 0 atom stereocenters. The van der Waals surface area contributed by atoms with Gasteiger partial charge < -0.3 is 4.42 Å². The number of fused-ring (bicyclic) bond motifs is 11. The molecule has 43 heavy (non-hydrogen) atoms. The third-order valence-electron chi connectivity index (χ3n) is 8.75. The number of benzene rings is 6. The van der Waals surface area contributed by atoms with Crippen molar-refractivity contribution in [1.82, 2.24) is 4.98 Å². The summed E-state index contributed by atoms with van der Waals surface area (Å²) in [5.74, 6) is 0. The molecule has 0 bridgehead atoms.